The molecule has 0 saturated carbocycles. The van der Waals surface area contributed by atoms with E-state index < -0.39 is 23.1 Å². The molecule has 330 valence electrons. The zero-order valence-electron chi connectivity index (χ0n) is 35.7. The first kappa shape index (κ1) is 43.5. The molecule has 7 aromatic rings. The molecule has 1 fully saturated rings. The van der Waals surface area contributed by atoms with Gasteiger partial charge in [0.2, 0.25) is 0 Å². The normalized spacial score (nSPS) is 12.9. The molecule has 4 heterocycles. The molecule has 0 unspecified atom stereocenters. The van der Waals surface area contributed by atoms with Gasteiger partial charge in [-0.05, 0) is 82.9 Å². The molecule has 8 rings (SSSR count). The van der Waals surface area contributed by atoms with E-state index in [0.29, 0.717) is 84.0 Å². The minimum Gasteiger partial charge on any atom is -0.491 e. The van der Waals surface area contributed by atoms with E-state index in [4.69, 9.17) is 27.8 Å². The highest BCUT2D eigenvalue weighted by Crippen LogP contribution is 2.29. The Kier molecular flexibility index (Phi) is 13.3. The number of nitrogens with one attached hydrogen (secondary N) is 1. The van der Waals surface area contributed by atoms with E-state index in [1.54, 1.807) is 48.4 Å². The first-order chi connectivity index (χ1) is 31.1. The lowest BCUT2D eigenvalue weighted by atomic mass is 10.1. The number of carbonyl (C=O) groups is 3. The summed E-state index contributed by atoms with van der Waals surface area (Å²) < 4.78 is 33.0. The molecule has 64 heavy (non-hydrogen) atoms. The third kappa shape index (κ3) is 9.73. The van der Waals surface area contributed by atoms with E-state index in [1.807, 2.05) is 61.5 Å². The maximum Gasteiger partial charge on any atom is 0.349 e. The van der Waals surface area contributed by atoms with E-state index in [0.717, 1.165) is 21.8 Å². The van der Waals surface area contributed by atoms with Gasteiger partial charge in [0.25, 0.3) is 17.7 Å². The Labute approximate surface area is 366 Å². The van der Waals surface area contributed by atoms with Crippen LogP contribution in [0.4, 0.5) is 5.69 Å². The van der Waals surface area contributed by atoms with Crippen molar-refractivity contribution in [1.82, 2.24) is 20.1 Å². The van der Waals surface area contributed by atoms with Crippen LogP contribution in [0.5, 0.6) is 5.75 Å². The van der Waals surface area contributed by atoms with E-state index >= 15 is 0 Å². The monoisotopic (exact) mass is 869 g/mol. The third-order valence-corrected chi connectivity index (χ3v) is 11.0. The van der Waals surface area contributed by atoms with E-state index in [9.17, 15) is 24.0 Å². The maximum atomic E-state index is 13.6. The number of hydrogen-bond donors (Lipinski definition) is 1. The van der Waals surface area contributed by atoms with Crippen LogP contribution in [0.3, 0.4) is 0 Å². The number of benzene rings is 4. The number of anilines is 1. The molecular weight excluding hydrogens is 823 g/mol. The molecule has 0 bridgehead atoms. The molecule has 1 aliphatic rings. The Morgan fingerprint density at radius 1 is 0.672 bits per heavy atom. The van der Waals surface area contributed by atoms with Crippen LogP contribution in [0.2, 0.25) is 0 Å². The highest BCUT2D eigenvalue weighted by molar-refractivity contribution is 6.06. The fourth-order valence-electron chi connectivity index (χ4n) is 7.48. The predicted octanol–water partition coefficient (Wildman–Crippen LogP) is 5.25. The summed E-state index contributed by atoms with van der Waals surface area (Å²) in [5.41, 5.74) is 0.839. The summed E-state index contributed by atoms with van der Waals surface area (Å²) in [7, 11) is 5.51. The highest BCUT2D eigenvalue weighted by atomic mass is 16.6. The summed E-state index contributed by atoms with van der Waals surface area (Å²) in [4.78, 5) is 75.6. The smallest absolute Gasteiger partial charge is 0.349 e. The number of aromatic nitrogens is 1. The molecule has 1 N–H and O–H groups in total. The number of methoxy groups -OCH3 is 1. The largest absolute Gasteiger partial charge is 0.491 e. The van der Waals surface area contributed by atoms with Gasteiger partial charge in [0.15, 0.2) is 0 Å². The topological polar surface area (TPSA) is 183 Å². The van der Waals surface area contributed by atoms with Gasteiger partial charge in [0.1, 0.15) is 34.6 Å². The number of pyridine rings is 1. The second kappa shape index (κ2) is 19.5. The van der Waals surface area contributed by atoms with Crippen LogP contribution >= 0.6 is 0 Å². The first-order valence-corrected chi connectivity index (χ1v) is 20.8. The lowest BCUT2D eigenvalue weighted by Gasteiger charge is -2.34. The molecule has 1 saturated heterocycles. The Bertz CT molecular complexity index is 2980. The molecule has 0 atom stereocenters. The predicted molar refractivity (Wildman–Crippen MR) is 241 cm³/mol. The maximum absolute atomic E-state index is 13.6. The van der Waals surface area contributed by atoms with Gasteiger partial charge in [0.05, 0.1) is 50.8 Å². The lowest BCUT2D eigenvalue weighted by Crippen LogP contribution is -2.51. The van der Waals surface area contributed by atoms with Crippen LogP contribution in [0.1, 0.15) is 36.8 Å². The van der Waals surface area contributed by atoms with Gasteiger partial charge < -0.3 is 47.8 Å². The molecule has 0 aliphatic carbocycles. The van der Waals surface area contributed by atoms with Gasteiger partial charge in [-0.2, -0.15) is 0 Å². The molecular formula is C48H47N5O11. The number of nitrogens with zero attached hydrogens (tertiary/aromatic N) is 4. The second-order valence-corrected chi connectivity index (χ2v) is 15.4. The number of hydrogen-bond acceptors (Lipinski definition) is 13. The summed E-state index contributed by atoms with van der Waals surface area (Å²) in [6.45, 7) is 3.64. The van der Waals surface area contributed by atoms with Crippen LogP contribution in [-0.2, 0) is 20.8 Å². The van der Waals surface area contributed by atoms with E-state index in [-0.39, 0.29) is 49.8 Å². The van der Waals surface area contributed by atoms with Gasteiger partial charge in [-0.3, -0.25) is 19.4 Å². The Morgan fingerprint density at radius 3 is 2.09 bits per heavy atom. The second-order valence-electron chi connectivity index (χ2n) is 15.4. The summed E-state index contributed by atoms with van der Waals surface area (Å²) in [5, 5.41) is 7.28. The number of ether oxygens (including phenoxy) is 4. The number of amides is 3. The molecule has 4 aromatic carbocycles. The molecule has 3 amide bonds. The van der Waals surface area contributed by atoms with Crippen molar-refractivity contribution in [3.63, 3.8) is 0 Å². The van der Waals surface area contributed by atoms with E-state index in [2.05, 4.69) is 10.3 Å². The van der Waals surface area contributed by atoms with Crippen molar-refractivity contribution in [2.45, 2.75) is 6.54 Å². The average Bonchev–Trinajstić information content (AvgIpc) is 3.31. The van der Waals surface area contributed by atoms with Gasteiger partial charge in [-0.1, -0.05) is 18.2 Å². The molecule has 0 radical (unpaired) electrons. The fraction of sp³-hybridized carbons (Fsp3) is 0.292. The zero-order chi connectivity index (χ0) is 44.7. The number of fused-ring (bicyclic) bond motifs is 5. The quantitative estimate of drug-likeness (QED) is 0.0576. The Hall–Kier alpha value is -7.14. The van der Waals surface area contributed by atoms with Crippen molar-refractivity contribution >= 4 is 66.9 Å². The summed E-state index contributed by atoms with van der Waals surface area (Å²) in [5.74, 6) is -0.722. The summed E-state index contributed by atoms with van der Waals surface area (Å²) >= 11 is 0. The number of rotatable bonds is 16. The Balaban J connectivity index is 0.827. The zero-order valence-corrected chi connectivity index (χ0v) is 35.7. The Morgan fingerprint density at radius 2 is 1.36 bits per heavy atom. The average molecular weight is 870 g/mol. The number of piperazine rings is 1. The number of carbonyl (C=O) groups excluding carboxylic acids is 3. The van der Waals surface area contributed by atoms with Crippen molar-refractivity contribution in [3.05, 3.63) is 134 Å². The molecule has 0 spiro atoms. The van der Waals surface area contributed by atoms with Crippen molar-refractivity contribution in [3.8, 4) is 5.75 Å². The van der Waals surface area contributed by atoms with E-state index in [1.165, 1.54) is 17.2 Å². The lowest BCUT2D eigenvalue weighted by molar-refractivity contribution is 0.0180. The summed E-state index contributed by atoms with van der Waals surface area (Å²) in [6, 6.07) is 25.1. The molecule has 16 heteroatoms. The standard InChI is InChI=1S/C48H47N5O11/c1-51(2)37-9-7-30-22-35-26-40(47(57)63-42(35)27-34(30)23-37)44(54)50-29-36-8-6-33(28-49-36)45(55)52-12-14-53(15-13-52)46(56)41-25-32-5-4-31-24-38(10-11-39(31)43(32)64-48(41)58)62-21-20-61-19-18-60-17-16-59-3/h4-11,22-28H,12-21,29H2,1-3H3,(H,50,54). The van der Waals surface area contributed by atoms with Crippen LogP contribution < -0.4 is 26.2 Å². The SMILES string of the molecule is COCCOCCOCCOc1ccc2c(ccc3cc(C(=O)N4CCN(C(=O)c5ccc(CNC(=O)c6cc7cc8ccc(N(C)C)cc8cc7oc6=O)nc5)CC4)c(=O)oc32)c1. The molecule has 16 nitrogen and oxygen atoms in total. The van der Waals surface area contributed by atoms with Gasteiger partial charge in [0, 0.05) is 75.4 Å². The van der Waals surface area contributed by atoms with Crippen LogP contribution in [0.15, 0.2) is 110 Å². The van der Waals surface area contributed by atoms with Crippen molar-refractivity contribution in [2.75, 3.05) is 91.9 Å². The first-order valence-electron chi connectivity index (χ1n) is 20.8. The van der Waals surface area contributed by atoms with Gasteiger partial charge >= 0.3 is 11.3 Å². The molecule has 3 aromatic heterocycles. The minimum atomic E-state index is -0.755. The minimum absolute atomic E-state index is 0.00965. The summed E-state index contributed by atoms with van der Waals surface area (Å²) in [6.07, 6.45) is 1.43. The van der Waals surface area contributed by atoms with Crippen LogP contribution in [-0.4, -0.2) is 120 Å². The van der Waals surface area contributed by atoms with Gasteiger partial charge in [-0.15, -0.1) is 0 Å². The highest BCUT2D eigenvalue weighted by Gasteiger charge is 2.28. The molecule has 1 aliphatic heterocycles. The third-order valence-electron chi connectivity index (χ3n) is 11.0. The fourth-order valence-corrected chi connectivity index (χ4v) is 7.48. The van der Waals surface area contributed by atoms with Crippen molar-refractivity contribution in [1.29, 1.82) is 0 Å². The van der Waals surface area contributed by atoms with Crippen molar-refractivity contribution < 1.29 is 42.2 Å². The van der Waals surface area contributed by atoms with Gasteiger partial charge in [-0.25, -0.2) is 9.59 Å². The van der Waals surface area contributed by atoms with Crippen molar-refractivity contribution in [2.24, 2.45) is 0 Å². The van der Waals surface area contributed by atoms with Crippen LogP contribution in [0.25, 0.3) is 43.5 Å². The van der Waals surface area contributed by atoms with Crippen LogP contribution in [0, 0.1) is 0 Å².